The van der Waals surface area contributed by atoms with E-state index in [0.717, 1.165) is 3.57 Å². The number of rotatable bonds is 5. The largest absolute Gasteiger partial charge is 0.481 e. The highest BCUT2D eigenvalue weighted by molar-refractivity contribution is 14.1. The number of aryl methyl sites for hydroxylation is 1. The van der Waals surface area contributed by atoms with Gasteiger partial charge in [0.25, 0.3) is 0 Å². The van der Waals surface area contributed by atoms with Gasteiger partial charge in [0.15, 0.2) is 10.7 Å². The maximum absolute atomic E-state index is 14.4. The van der Waals surface area contributed by atoms with Gasteiger partial charge in [-0.05, 0) is 52.8 Å². The normalized spacial score (nSPS) is 11.3. The lowest BCUT2D eigenvalue weighted by Crippen LogP contribution is -2.00. The lowest BCUT2D eigenvalue weighted by molar-refractivity contribution is -0.136. The minimum absolute atomic E-state index is 0.0589. The van der Waals surface area contributed by atoms with Crippen LogP contribution in [0.1, 0.15) is 12.0 Å². The summed E-state index contributed by atoms with van der Waals surface area (Å²) in [7, 11) is 0. The third kappa shape index (κ3) is 4.23. The summed E-state index contributed by atoms with van der Waals surface area (Å²) in [4.78, 5) is 15.2. The summed E-state index contributed by atoms with van der Waals surface area (Å²) in [5.74, 6) is -1.53. The Morgan fingerprint density at radius 3 is 2.69 bits per heavy atom. The molecule has 6 nitrogen and oxygen atoms in total. The highest BCUT2D eigenvalue weighted by Crippen LogP contribution is 2.35. The van der Waals surface area contributed by atoms with Crippen LogP contribution >= 0.6 is 57.1 Å². The van der Waals surface area contributed by atoms with Crippen LogP contribution in [0.4, 0.5) is 4.39 Å². The minimum atomic E-state index is -0.999. The minimum Gasteiger partial charge on any atom is -0.481 e. The van der Waals surface area contributed by atoms with Gasteiger partial charge in [-0.15, -0.1) is 10.2 Å². The molecule has 1 N–H and O–H groups in total. The fourth-order valence-electron chi connectivity index (χ4n) is 2.75. The molecule has 0 bridgehead atoms. The first-order chi connectivity index (χ1) is 13.8. The van der Waals surface area contributed by atoms with E-state index < -0.39 is 11.8 Å². The molecule has 1 aromatic carbocycles. The first-order valence-corrected chi connectivity index (χ1v) is 10.8. The molecule has 3 heterocycles. The van der Waals surface area contributed by atoms with Crippen molar-refractivity contribution in [1.82, 2.24) is 19.6 Å². The van der Waals surface area contributed by atoms with E-state index in [2.05, 4.69) is 37.8 Å². The molecule has 0 amide bonds. The van der Waals surface area contributed by atoms with Crippen molar-refractivity contribution in [3.8, 4) is 21.3 Å². The van der Waals surface area contributed by atoms with E-state index >= 15 is 0 Å². The molecule has 3 aromatic heterocycles. The number of aliphatic carboxylic acids is 1. The van der Waals surface area contributed by atoms with E-state index in [1.165, 1.54) is 23.5 Å². The Balaban J connectivity index is 1.68. The van der Waals surface area contributed by atoms with Gasteiger partial charge in [-0.2, -0.15) is 0 Å². The van der Waals surface area contributed by atoms with Crippen LogP contribution in [-0.4, -0.2) is 30.7 Å². The van der Waals surface area contributed by atoms with E-state index in [1.807, 2.05) is 16.7 Å². The van der Waals surface area contributed by atoms with Gasteiger partial charge in [0, 0.05) is 27.9 Å². The Kier molecular flexibility index (Phi) is 5.74. The number of halogens is 4. The predicted molar refractivity (Wildman–Crippen MR) is 118 cm³/mol. The number of carbonyl (C=O) groups is 1. The Labute approximate surface area is 191 Å². The fraction of sp³-hybridized carbons (Fsp3) is 0.111. The van der Waals surface area contributed by atoms with Gasteiger partial charge in [-0.3, -0.25) is 4.79 Å². The molecule has 0 aliphatic heterocycles. The number of aromatic nitrogens is 4. The van der Waals surface area contributed by atoms with Crippen molar-refractivity contribution in [2.45, 2.75) is 12.8 Å². The molecule has 4 aromatic rings. The van der Waals surface area contributed by atoms with Crippen LogP contribution in [0.3, 0.4) is 0 Å². The van der Waals surface area contributed by atoms with E-state index in [-0.39, 0.29) is 23.4 Å². The van der Waals surface area contributed by atoms with Crippen molar-refractivity contribution in [2.24, 2.45) is 0 Å². The van der Waals surface area contributed by atoms with E-state index in [4.69, 9.17) is 28.3 Å². The molecule has 29 heavy (non-hydrogen) atoms. The molecule has 11 heteroatoms. The zero-order valence-electron chi connectivity index (χ0n) is 14.4. The van der Waals surface area contributed by atoms with Crippen LogP contribution < -0.4 is 0 Å². The molecule has 0 aliphatic carbocycles. The fourth-order valence-corrected chi connectivity index (χ4v) is 4.96. The van der Waals surface area contributed by atoms with E-state index in [1.54, 1.807) is 6.20 Å². The van der Waals surface area contributed by atoms with Gasteiger partial charge in [0.2, 0.25) is 0 Å². The molecule has 0 fully saturated rings. The van der Waals surface area contributed by atoms with Crippen LogP contribution in [-0.2, 0) is 11.2 Å². The number of imidazole rings is 1. The second-order valence-corrected chi connectivity index (χ2v) is 9.13. The molecule has 0 radical (unpaired) electrons. The number of carboxylic acid groups (broad SMARTS) is 1. The van der Waals surface area contributed by atoms with Crippen molar-refractivity contribution in [3.05, 3.63) is 55.6 Å². The van der Waals surface area contributed by atoms with Crippen LogP contribution in [0, 0.1) is 9.39 Å². The van der Waals surface area contributed by atoms with Gasteiger partial charge in [-0.25, -0.2) is 9.37 Å². The summed E-state index contributed by atoms with van der Waals surface area (Å²) in [5, 5.41) is 18.8. The number of benzene rings is 1. The molecular weight excluding hydrogens is 553 g/mol. The number of pyridine rings is 1. The average Bonchev–Trinajstić information content (AvgIpc) is 3.28. The molecule has 0 aliphatic rings. The van der Waals surface area contributed by atoms with Crippen LogP contribution in [0.15, 0.2) is 30.6 Å². The third-order valence-corrected chi connectivity index (χ3v) is 6.25. The number of nitrogens with zero attached hydrogens (tertiary/aromatic N) is 4. The standard InChI is InChI=1S/C18H10Cl2FIN4O2S/c19-11-3-8(1-2-15(27)28)13(21)5-10(11)17-24-25-18(29-17)14-7-26-6-9(22)4-12(20)16(26)23-14/h3-7H,1-2H2,(H,27,28). The van der Waals surface area contributed by atoms with Gasteiger partial charge < -0.3 is 9.51 Å². The average molecular weight is 563 g/mol. The Hall–Kier alpha value is -1.82. The monoisotopic (exact) mass is 562 g/mol. The maximum Gasteiger partial charge on any atom is 0.303 e. The summed E-state index contributed by atoms with van der Waals surface area (Å²) >= 11 is 15.9. The van der Waals surface area contributed by atoms with Crippen molar-refractivity contribution in [1.29, 1.82) is 0 Å². The Morgan fingerprint density at radius 1 is 1.17 bits per heavy atom. The van der Waals surface area contributed by atoms with Crippen molar-refractivity contribution in [2.75, 3.05) is 0 Å². The van der Waals surface area contributed by atoms with Gasteiger partial charge >= 0.3 is 5.97 Å². The predicted octanol–water partition coefficient (Wildman–Crippen LogP) is 5.59. The molecule has 0 unspecified atom stereocenters. The molecule has 0 saturated carbocycles. The number of fused-ring (bicyclic) bond motifs is 1. The zero-order valence-corrected chi connectivity index (χ0v) is 18.9. The van der Waals surface area contributed by atoms with Crippen molar-refractivity contribution >= 4 is 68.7 Å². The zero-order chi connectivity index (χ0) is 20.7. The van der Waals surface area contributed by atoms with E-state index in [9.17, 15) is 9.18 Å². The molecule has 0 spiro atoms. The van der Waals surface area contributed by atoms with Crippen LogP contribution in [0.2, 0.25) is 10.0 Å². The number of carboxylic acids is 1. The third-order valence-electron chi connectivity index (χ3n) is 4.09. The summed E-state index contributed by atoms with van der Waals surface area (Å²) in [5.41, 5.74) is 1.83. The topological polar surface area (TPSA) is 80.4 Å². The SMILES string of the molecule is O=C(O)CCc1cc(Cl)c(-c2nnc(-c3cn4cc(I)cc(Cl)c4n3)s2)cc1F. The van der Waals surface area contributed by atoms with E-state index in [0.29, 0.717) is 31.9 Å². The lowest BCUT2D eigenvalue weighted by atomic mass is 10.1. The Bertz CT molecular complexity index is 1260. The second kappa shape index (κ2) is 8.13. The quantitative estimate of drug-likeness (QED) is 0.321. The molecule has 0 atom stereocenters. The molecule has 4 rings (SSSR count). The summed E-state index contributed by atoms with van der Waals surface area (Å²) in [6.45, 7) is 0. The first kappa shape index (κ1) is 20.5. The highest BCUT2D eigenvalue weighted by Gasteiger charge is 2.17. The second-order valence-electron chi connectivity index (χ2n) is 6.09. The lowest BCUT2D eigenvalue weighted by Gasteiger charge is -2.06. The maximum atomic E-state index is 14.4. The molecule has 148 valence electrons. The summed E-state index contributed by atoms with van der Waals surface area (Å²) < 4.78 is 17.2. The summed E-state index contributed by atoms with van der Waals surface area (Å²) in [6, 6.07) is 4.50. The number of hydrogen-bond acceptors (Lipinski definition) is 5. The van der Waals surface area contributed by atoms with Gasteiger partial charge in [0.1, 0.15) is 16.5 Å². The van der Waals surface area contributed by atoms with Gasteiger partial charge in [-0.1, -0.05) is 34.5 Å². The summed E-state index contributed by atoms with van der Waals surface area (Å²) in [6.07, 6.45) is 3.57. The number of hydrogen-bond donors (Lipinski definition) is 1. The smallest absolute Gasteiger partial charge is 0.303 e. The van der Waals surface area contributed by atoms with Crippen LogP contribution in [0.25, 0.3) is 26.9 Å². The molecular formula is C18H10Cl2FIN4O2S. The van der Waals surface area contributed by atoms with Crippen LogP contribution in [0.5, 0.6) is 0 Å². The van der Waals surface area contributed by atoms with Gasteiger partial charge in [0.05, 0.1) is 10.0 Å². The molecule has 0 saturated heterocycles. The Morgan fingerprint density at radius 2 is 1.93 bits per heavy atom. The first-order valence-electron chi connectivity index (χ1n) is 8.19. The van der Waals surface area contributed by atoms with Crippen molar-refractivity contribution < 1.29 is 14.3 Å². The van der Waals surface area contributed by atoms with Crippen molar-refractivity contribution in [3.63, 3.8) is 0 Å². The highest BCUT2D eigenvalue weighted by atomic mass is 127.